The van der Waals surface area contributed by atoms with Gasteiger partial charge in [-0.15, -0.1) is 11.3 Å². The van der Waals surface area contributed by atoms with E-state index in [9.17, 15) is 14.4 Å². The molecule has 3 rings (SSSR count). The van der Waals surface area contributed by atoms with Crippen LogP contribution in [0.1, 0.15) is 39.2 Å². The summed E-state index contributed by atoms with van der Waals surface area (Å²) in [4.78, 5) is 42.5. The molecule has 30 heavy (non-hydrogen) atoms. The Labute approximate surface area is 180 Å². The second-order valence-corrected chi connectivity index (χ2v) is 8.32. The molecule has 7 nitrogen and oxygen atoms in total. The lowest BCUT2D eigenvalue weighted by Gasteiger charge is -2.31. The van der Waals surface area contributed by atoms with Crippen molar-refractivity contribution >= 4 is 34.3 Å². The fourth-order valence-corrected chi connectivity index (χ4v) is 4.08. The Hall–Kier alpha value is -2.74. The Morgan fingerprint density at radius 3 is 2.70 bits per heavy atom. The molecule has 2 amide bonds. The molecule has 160 valence electrons. The van der Waals surface area contributed by atoms with Crippen LogP contribution in [0.2, 0.25) is 0 Å². The number of esters is 1. The molecule has 0 aliphatic carbocycles. The number of piperidine rings is 1. The van der Waals surface area contributed by atoms with Crippen LogP contribution in [0.25, 0.3) is 11.3 Å². The monoisotopic (exact) mass is 429 g/mol. The molecule has 0 bridgehead atoms. The van der Waals surface area contributed by atoms with Gasteiger partial charge in [-0.25, -0.2) is 4.98 Å². The smallest absolute Gasteiger partial charge is 0.311 e. The van der Waals surface area contributed by atoms with E-state index in [1.807, 2.05) is 17.5 Å². The number of rotatable bonds is 6. The van der Waals surface area contributed by atoms with Crippen molar-refractivity contribution in [3.05, 3.63) is 35.2 Å². The predicted octanol–water partition coefficient (Wildman–Crippen LogP) is 3.50. The van der Waals surface area contributed by atoms with Gasteiger partial charge >= 0.3 is 5.97 Å². The van der Waals surface area contributed by atoms with E-state index >= 15 is 0 Å². The molecule has 1 aliphatic rings. The second kappa shape index (κ2) is 9.84. The van der Waals surface area contributed by atoms with E-state index in [0.29, 0.717) is 24.6 Å². The highest BCUT2D eigenvalue weighted by molar-refractivity contribution is 7.14. The van der Waals surface area contributed by atoms with Crippen molar-refractivity contribution in [3.63, 3.8) is 0 Å². The summed E-state index contributed by atoms with van der Waals surface area (Å²) < 4.78 is 5.36. The summed E-state index contributed by atoms with van der Waals surface area (Å²) in [5, 5.41) is 5.05. The number of carbonyl (C=O) groups is 3. The Kier molecular flexibility index (Phi) is 7.20. The van der Waals surface area contributed by atoms with Crippen molar-refractivity contribution < 1.29 is 19.1 Å². The van der Waals surface area contributed by atoms with Gasteiger partial charge < -0.3 is 9.64 Å². The maximum Gasteiger partial charge on any atom is 0.311 e. The van der Waals surface area contributed by atoms with Crippen LogP contribution in [-0.2, 0) is 25.5 Å². The zero-order valence-electron chi connectivity index (χ0n) is 17.5. The van der Waals surface area contributed by atoms with E-state index in [1.54, 1.807) is 4.90 Å². The lowest BCUT2D eigenvalue weighted by molar-refractivity contribution is -0.159. The predicted molar refractivity (Wildman–Crippen MR) is 116 cm³/mol. The van der Waals surface area contributed by atoms with Crippen LogP contribution in [0.4, 0.5) is 5.13 Å². The minimum Gasteiger partial charge on any atom is -0.452 e. The van der Waals surface area contributed by atoms with Crippen LogP contribution in [0, 0.1) is 5.92 Å². The average Bonchev–Trinajstić information content (AvgIpc) is 3.22. The zero-order valence-corrected chi connectivity index (χ0v) is 18.3. The van der Waals surface area contributed by atoms with Crippen molar-refractivity contribution in [3.8, 4) is 11.3 Å². The van der Waals surface area contributed by atoms with Gasteiger partial charge in [0.1, 0.15) is 0 Å². The van der Waals surface area contributed by atoms with Gasteiger partial charge in [0.05, 0.1) is 11.6 Å². The molecule has 0 spiro atoms. The maximum atomic E-state index is 12.4. The van der Waals surface area contributed by atoms with Crippen molar-refractivity contribution in [1.29, 1.82) is 0 Å². The first-order chi connectivity index (χ1) is 14.4. The minimum atomic E-state index is -0.943. The first-order valence-electron chi connectivity index (χ1n) is 10.2. The number of benzene rings is 1. The molecule has 1 aromatic heterocycles. The van der Waals surface area contributed by atoms with Gasteiger partial charge in [-0.1, -0.05) is 31.2 Å². The number of nitrogens with one attached hydrogen (secondary N) is 1. The Morgan fingerprint density at radius 2 is 2.03 bits per heavy atom. The number of anilines is 1. The SMILES string of the molecule is CCc1ccc(-c2csc(NC(=O)[C@H](C)OC(=O)[C@@H]3CCCN(C(C)=O)C3)n2)cc1. The van der Waals surface area contributed by atoms with E-state index in [2.05, 4.69) is 29.4 Å². The summed E-state index contributed by atoms with van der Waals surface area (Å²) >= 11 is 1.32. The number of hydrogen-bond acceptors (Lipinski definition) is 6. The molecule has 0 radical (unpaired) electrons. The molecule has 2 aromatic rings. The molecule has 0 unspecified atom stereocenters. The molecule has 1 fully saturated rings. The highest BCUT2D eigenvalue weighted by Crippen LogP contribution is 2.25. The number of ether oxygens (including phenoxy) is 1. The van der Waals surface area contributed by atoms with E-state index in [0.717, 1.165) is 24.1 Å². The van der Waals surface area contributed by atoms with Crippen molar-refractivity contribution in [2.75, 3.05) is 18.4 Å². The van der Waals surface area contributed by atoms with Crippen LogP contribution in [0.15, 0.2) is 29.6 Å². The van der Waals surface area contributed by atoms with Gasteiger partial charge in [-0.2, -0.15) is 0 Å². The zero-order chi connectivity index (χ0) is 21.7. The minimum absolute atomic E-state index is 0.0535. The largest absolute Gasteiger partial charge is 0.452 e. The summed E-state index contributed by atoms with van der Waals surface area (Å²) in [7, 11) is 0. The van der Waals surface area contributed by atoms with Crippen LogP contribution in [0.3, 0.4) is 0 Å². The molecule has 1 N–H and O–H groups in total. The fraction of sp³-hybridized carbons (Fsp3) is 0.455. The van der Waals surface area contributed by atoms with E-state index in [1.165, 1.54) is 30.7 Å². The molecule has 1 saturated heterocycles. The quantitative estimate of drug-likeness (QED) is 0.710. The van der Waals surface area contributed by atoms with Gasteiger partial charge in [0.25, 0.3) is 5.91 Å². The molecule has 8 heteroatoms. The molecule has 2 heterocycles. The highest BCUT2D eigenvalue weighted by atomic mass is 32.1. The van der Waals surface area contributed by atoms with E-state index in [-0.39, 0.29) is 5.91 Å². The van der Waals surface area contributed by atoms with Crippen LogP contribution >= 0.6 is 11.3 Å². The van der Waals surface area contributed by atoms with Crippen LogP contribution in [0.5, 0.6) is 0 Å². The molecule has 1 aliphatic heterocycles. The molecular formula is C22H27N3O4S. The number of carbonyl (C=O) groups excluding carboxylic acids is 3. The molecule has 2 atom stereocenters. The number of thiazole rings is 1. The lowest BCUT2D eigenvalue weighted by atomic mass is 9.98. The number of likely N-dealkylation sites (tertiary alicyclic amines) is 1. The van der Waals surface area contributed by atoms with E-state index in [4.69, 9.17) is 4.74 Å². The second-order valence-electron chi connectivity index (χ2n) is 7.46. The van der Waals surface area contributed by atoms with Crippen molar-refractivity contribution in [2.45, 2.75) is 46.1 Å². The summed E-state index contributed by atoms with van der Waals surface area (Å²) in [6, 6.07) is 8.15. The molecular weight excluding hydrogens is 402 g/mol. The Balaban J connectivity index is 1.54. The average molecular weight is 430 g/mol. The standard InChI is InChI=1S/C22H27N3O4S/c1-4-16-7-9-17(10-8-16)19-13-30-22(23-19)24-20(27)14(2)29-21(28)18-6-5-11-25(12-18)15(3)26/h7-10,13-14,18H,4-6,11-12H2,1-3H3,(H,23,24,27)/t14-,18+/m0/s1. The first-order valence-corrected chi connectivity index (χ1v) is 11.1. The maximum absolute atomic E-state index is 12.4. The topological polar surface area (TPSA) is 88.6 Å². The number of nitrogens with zero attached hydrogens (tertiary/aromatic N) is 2. The van der Waals surface area contributed by atoms with Gasteiger partial charge in [0.2, 0.25) is 5.91 Å². The first kappa shape index (κ1) is 22.0. The van der Waals surface area contributed by atoms with Gasteiger partial charge in [-0.05, 0) is 31.7 Å². The third kappa shape index (κ3) is 5.44. The third-order valence-electron chi connectivity index (χ3n) is 5.25. The number of hydrogen-bond donors (Lipinski definition) is 1. The van der Waals surface area contributed by atoms with Crippen molar-refractivity contribution in [2.24, 2.45) is 5.92 Å². The molecule has 0 saturated carbocycles. The van der Waals surface area contributed by atoms with Gasteiger partial charge in [0.15, 0.2) is 11.2 Å². The lowest BCUT2D eigenvalue weighted by Crippen LogP contribution is -2.43. The van der Waals surface area contributed by atoms with E-state index < -0.39 is 23.9 Å². The van der Waals surface area contributed by atoms with Gasteiger partial charge in [0, 0.05) is 31.0 Å². The number of aromatic nitrogens is 1. The number of aryl methyl sites for hydroxylation is 1. The Morgan fingerprint density at radius 1 is 1.30 bits per heavy atom. The summed E-state index contributed by atoms with van der Waals surface area (Å²) in [5.74, 6) is -1.32. The van der Waals surface area contributed by atoms with Crippen LogP contribution < -0.4 is 5.32 Å². The summed E-state index contributed by atoms with van der Waals surface area (Å²) in [5.41, 5.74) is 3.02. The molecule has 1 aromatic carbocycles. The number of amides is 2. The van der Waals surface area contributed by atoms with Crippen LogP contribution in [-0.4, -0.2) is 46.9 Å². The Bertz CT molecular complexity index is 909. The van der Waals surface area contributed by atoms with Crippen molar-refractivity contribution in [1.82, 2.24) is 9.88 Å². The summed E-state index contributed by atoms with van der Waals surface area (Å²) in [6.45, 7) is 6.13. The fourth-order valence-electron chi connectivity index (χ4n) is 3.36. The summed E-state index contributed by atoms with van der Waals surface area (Å²) in [6.07, 6.45) is 1.44. The highest BCUT2D eigenvalue weighted by Gasteiger charge is 2.30. The van der Waals surface area contributed by atoms with Gasteiger partial charge in [-0.3, -0.25) is 19.7 Å². The normalized spacial score (nSPS) is 17.3. The third-order valence-corrected chi connectivity index (χ3v) is 6.01.